The van der Waals surface area contributed by atoms with E-state index in [0.717, 1.165) is 23.1 Å². The maximum atomic E-state index is 12.5. The normalized spacial score (nSPS) is 12.3. The minimum absolute atomic E-state index is 0.0141. The van der Waals surface area contributed by atoms with Gasteiger partial charge in [-0.3, -0.25) is 4.79 Å². The van der Waals surface area contributed by atoms with Gasteiger partial charge in [-0.15, -0.1) is 10.2 Å². The van der Waals surface area contributed by atoms with E-state index in [2.05, 4.69) is 10.2 Å². The number of hydrogen-bond acceptors (Lipinski definition) is 6. The number of nitrogens with zero attached hydrogens (tertiary/aromatic N) is 3. The van der Waals surface area contributed by atoms with Gasteiger partial charge in [-0.2, -0.15) is 0 Å². The molecule has 0 amide bonds. The van der Waals surface area contributed by atoms with Crippen LogP contribution in [0.2, 0.25) is 0 Å². The lowest BCUT2D eigenvalue weighted by atomic mass is 10.1. The van der Waals surface area contributed by atoms with Gasteiger partial charge in [0.15, 0.2) is 28.3 Å². The highest BCUT2D eigenvalue weighted by molar-refractivity contribution is 7.99. The molecule has 1 aliphatic heterocycles. The number of fused-ring (bicyclic) bond motifs is 1. The summed E-state index contributed by atoms with van der Waals surface area (Å²) in [4.78, 5) is 12.5. The molecule has 4 rings (SSSR count). The summed E-state index contributed by atoms with van der Waals surface area (Å²) in [7, 11) is 0. The van der Waals surface area contributed by atoms with Gasteiger partial charge in [0.25, 0.3) is 0 Å². The Balaban J connectivity index is 1.49. The molecule has 1 aliphatic rings. The van der Waals surface area contributed by atoms with Crippen LogP contribution >= 0.6 is 11.8 Å². The van der Waals surface area contributed by atoms with Crippen LogP contribution < -0.4 is 9.47 Å². The predicted molar refractivity (Wildman–Crippen MR) is 98.8 cm³/mol. The van der Waals surface area contributed by atoms with E-state index in [1.54, 1.807) is 18.2 Å². The van der Waals surface area contributed by atoms with E-state index >= 15 is 0 Å². The molecule has 3 aromatic rings. The minimum atomic E-state index is 0.0141. The van der Waals surface area contributed by atoms with Crippen LogP contribution in [0.25, 0.3) is 11.4 Å². The molecule has 0 spiro atoms. The third-order valence-electron chi connectivity index (χ3n) is 4.09. The summed E-state index contributed by atoms with van der Waals surface area (Å²) in [6, 6.07) is 15.2. The predicted octanol–water partition coefficient (Wildman–Crippen LogP) is 3.67. The topological polar surface area (TPSA) is 66.2 Å². The molecule has 0 saturated heterocycles. The van der Waals surface area contributed by atoms with Crippen LogP contribution in [0.15, 0.2) is 53.7 Å². The van der Waals surface area contributed by atoms with Gasteiger partial charge in [0.2, 0.25) is 6.79 Å². The van der Waals surface area contributed by atoms with Crippen molar-refractivity contribution < 1.29 is 14.3 Å². The number of carbonyl (C=O) groups is 1. The van der Waals surface area contributed by atoms with Crippen molar-refractivity contribution in [2.45, 2.75) is 18.6 Å². The standard InChI is InChI=1S/C19H17N3O3S/c1-2-22-18(13-6-4-3-5-7-13)20-21-19(22)26-11-15(23)14-8-9-16-17(10-14)25-12-24-16/h3-10H,2,11-12H2,1H3. The number of Topliss-reactive ketones (excluding diaryl/α,β-unsaturated/α-hetero) is 1. The van der Waals surface area contributed by atoms with Gasteiger partial charge in [-0.25, -0.2) is 0 Å². The van der Waals surface area contributed by atoms with Gasteiger partial charge < -0.3 is 14.0 Å². The SMILES string of the molecule is CCn1c(SCC(=O)c2ccc3c(c2)OCO3)nnc1-c1ccccc1. The van der Waals surface area contributed by atoms with Gasteiger partial charge >= 0.3 is 0 Å². The molecular weight excluding hydrogens is 350 g/mol. The first kappa shape index (κ1) is 16.7. The summed E-state index contributed by atoms with van der Waals surface area (Å²) in [6.07, 6.45) is 0. The van der Waals surface area contributed by atoms with Crippen LogP contribution in [0.4, 0.5) is 0 Å². The number of carbonyl (C=O) groups excluding carboxylic acids is 1. The molecule has 7 heteroatoms. The van der Waals surface area contributed by atoms with E-state index in [-0.39, 0.29) is 18.3 Å². The maximum absolute atomic E-state index is 12.5. The molecule has 0 saturated carbocycles. The van der Waals surface area contributed by atoms with Crippen molar-refractivity contribution in [1.29, 1.82) is 0 Å². The van der Waals surface area contributed by atoms with Crippen molar-refractivity contribution in [3.8, 4) is 22.9 Å². The highest BCUT2D eigenvalue weighted by Gasteiger charge is 2.18. The molecule has 6 nitrogen and oxygen atoms in total. The van der Waals surface area contributed by atoms with Crippen molar-refractivity contribution in [2.75, 3.05) is 12.5 Å². The Morgan fingerprint density at radius 2 is 1.92 bits per heavy atom. The summed E-state index contributed by atoms with van der Waals surface area (Å²) in [5.74, 6) is 2.40. The zero-order chi connectivity index (χ0) is 17.9. The zero-order valence-electron chi connectivity index (χ0n) is 14.2. The number of hydrogen-bond donors (Lipinski definition) is 0. The molecule has 26 heavy (non-hydrogen) atoms. The average Bonchev–Trinajstić information content (AvgIpc) is 3.32. The Hall–Kier alpha value is -2.80. The Bertz CT molecular complexity index is 940. The molecule has 0 atom stereocenters. The maximum Gasteiger partial charge on any atom is 0.231 e. The van der Waals surface area contributed by atoms with Crippen molar-refractivity contribution in [2.24, 2.45) is 0 Å². The first-order valence-corrected chi connectivity index (χ1v) is 9.29. The van der Waals surface area contributed by atoms with Crippen molar-refractivity contribution in [3.63, 3.8) is 0 Å². The van der Waals surface area contributed by atoms with Gasteiger partial charge in [0.05, 0.1) is 5.75 Å². The van der Waals surface area contributed by atoms with Crippen molar-refractivity contribution in [1.82, 2.24) is 14.8 Å². The number of ketones is 1. The van der Waals surface area contributed by atoms with Crippen LogP contribution in [0.5, 0.6) is 11.5 Å². The second-order valence-electron chi connectivity index (χ2n) is 5.70. The van der Waals surface area contributed by atoms with Crippen LogP contribution in [0.1, 0.15) is 17.3 Å². The molecule has 2 aromatic carbocycles. The summed E-state index contributed by atoms with van der Waals surface area (Å²) >= 11 is 1.39. The van der Waals surface area contributed by atoms with Crippen LogP contribution in [-0.2, 0) is 6.54 Å². The molecule has 0 radical (unpaired) electrons. The molecule has 0 fully saturated rings. The van der Waals surface area contributed by atoms with Crippen LogP contribution in [0, 0.1) is 0 Å². The molecule has 1 aromatic heterocycles. The quantitative estimate of drug-likeness (QED) is 0.489. The van der Waals surface area contributed by atoms with E-state index in [0.29, 0.717) is 17.1 Å². The molecule has 2 heterocycles. The average molecular weight is 367 g/mol. The first-order valence-electron chi connectivity index (χ1n) is 8.30. The Morgan fingerprint density at radius 1 is 1.12 bits per heavy atom. The molecule has 0 aliphatic carbocycles. The Labute approximate surface area is 155 Å². The lowest BCUT2D eigenvalue weighted by molar-refractivity contribution is 0.102. The zero-order valence-corrected chi connectivity index (χ0v) is 15.0. The largest absolute Gasteiger partial charge is 0.454 e. The third-order valence-corrected chi connectivity index (χ3v) is 5.06. The fraction of sp³-hybridized carbons (Fsp3) is 0.211. The highest BCUT2D eigenvalue weighted by atomic mass is 32.2. The van der Waals surface area contributed by atoms with E-state index in [4.69, 9.17) is 9.47 Å². The fourth-order valence-corrected chi connectivity index (χ4v) is 3.66. The van der Waals surface area contributed by atoms with E-state index in [1.807, 2.05) is 41.8 Å². The number of ether oxygens (including phenoxy) is 2. The Kier molecular flexibility index (Phi) is 4.62. The van der Waals surface area contributed by atoms with E-state index in [1.165, 1.54) is 11.8 Å². The number of rotatable bonds is 6. The molecule has 0 unspecified atom stereocenters. The number of thioether (sulfide) groups is 1. The van der Waals surface area contributed by atoms with Crippen LogP contribution in [0.3, 0.4) is 0 Å². The summed E-state index contributed by atoms with van der Waals surface area (Å²) in [6.45, 7) is 2.97. The summed E-state index contributed by atoms with van der Waals surface area (Å²) in [5.41, 5.74) is 1.61. The van der Waals surface area contributed by atoms with Gasteiger partial charge in [0.1, 0.15) is 0 Å². The summed E-state index contributed by atoms with van der Waals surface area (Å²) in [5, 5.41) is 9.30. The van der Waals surface area contributed by atoms with Crippen molar-refractivity contribution in [3.05, 3.63) is 54.1 Å². The van der Waals surface area contributed by atoms with E-state index < -0.39 is 0 Å². The monoisotopic (exact) mass is 367 g/mol. The van der Waals surface area contributed by atoms with Gasteiger partial charge in [-0.1, -0.05) is 42.1 Å². The second kappa shape index (κ2) is 7.21. The lowest BCUT2D eigenvalue weighted by Gasteiger charge is -2.07. The second-order valence-corrected chi connectivity index (χ2v) is 6.64. The van der Waals surface area contributed by atoms with Gasteiger partial charge in [0, 0.05) is 17.7 Å². The van der Waals surface area contributed by atoms with Gasteiger partial charge in [-0.05, 0) is 25.1 Å². The lowest BCUT2D eigenvalue weighted by Crippen LogP contribution is -2.05. The molecule has 0 bridgehead atoms. The Morgan fingerprint density at radius 3 is 2.73 bits per heavy atom. The first-order chi connectivity index (χ1) is 12.8. The number of aromatic nitrogens is 3. The summed E-state index contributed by atoms with van der Waals surface area (Å²) < 4.78 is 12.6. The minimum Gasteiger partial charge on any atom is -0.454 e. The molecular formula is C19H17N3O3S. The number of benzene rings is 2. The van der Waals surface area contributed by atoms with Crippen LogP contribution in [-0.4, -0.2) is 33.1 Å². The molecule has 0 N–H and O–H groups in total. The fourth-order valence-electron chi connectivity index (χ4n) is 2.76. The highest BCUT2D eigenvalue weighted by Crippen LogP contribution is 2.33. The smallest absolute Gasteiger partial charge is 0.231 e. The third kappa shape index (κ3) is 3.17. The van der Waals surface area contributed by atoms with E-state index in [9.17, 15) is 4.79 Å². The van der Waals surface area contributed by atoms with Crippen molar-refractivity contribution >= 4 is 17.5 Å². The molecule has 132 valence electrons.